The predicted octanol–water partition coefficient (Wildman–Crippen LogP) is 7.33. The van der Waals surface area contributed by atoms with Crippen molar-refractivity contribution in [3.63, 3.8) is 0 Å². The molecule has 36 heavy (non-hydrogen) atoms. The fraction of sp³-hybridized carbons (Fsp3) is 0.226. The van der Waals surface area contributed by atoms with E-state index in [1.54, 1.807) is 0 Å². The van der Waals surface area contributed by atoms with Crippen molar-refractivity contribution in [2.75, 3.05) is 13.2 Å². The molecule has 5 heteroatoms. The molecular formula is C31H25ClN2O2. The van der Waals surface area contributed by atoms with Gasteiger partial charge in [-0.1, -0.05) is 35.4 Å². The molecule has 4 nitrogen and oxygen atoms in total. The van der Waals surface area contributed by atoms with Crippen LogP contribution in [-0.4, -0.2) is 34.6 Å². The van der Waals surface area contributed by atoms with Crippen molar-refractivity contribution < 1.29 is 9.47 Å². The molecule has 2 saturated heterocycles. The number of epoxide rings is 2. The molecular weight excluding hydrogens is 468 g/mol. The molecule has 2 atom stereocenters. The fourth-order valence-electron chi connectivity index (χ4n) is 5.80. The van der Waals surface area contributed by atoms with Crippen molar-refractivity contribution in [1.82, 2.24) is 9.13 Å². The van der Waals surface area contributed by atoms with Crippen LogP contribution in [0.25, 0.3) is 54.7 Å². The van der Waals surface area contributed by atoms with Crippen LogP contribution in [-0.2, 0) is 22.6 Å². The number of halogens is 1. The van der Waals surface area contributed by atoms with Crippen LogP contribution < -0.4 is 0 Å². The third-order valence-electron chi connectivity index (χ3n) is 7.76. The van der Waals surface area contributed by atoms with Gasteiger partial charge in [-0.2, -0.15) is 0 Å². The molecule has 8 rings (SSSR count). The van der Waals surface area contributed by atoms with E-state index in [0.717, 1.165) is 31.3 Å². The number of hydrogen-bond acceptors (Lipinski definition) is 2. The number of fused-ring (bicyclic) bond motifs is 6. The van der Waals surface area contributed by atoms with Crippen molar-refractivity contribution in [1.29, 1.82) is 0 Å². The largest absolute Gasteiger partial charge is 0.371 e. The highest BCUT2D eigenvalue weighted by atomic mass is 35.5. The van der Waals surface area contributed by atoms with E-state index >= 15 is 0 Å². The van der Waals surface area contributed by atoms with Gasteiger partial charge < -0.3 is 18.6 Å². The van der Waals surface area contributed by atoms with Crippen molar-refractivity contribution in [3.8, 4) is 11.1 Å². The first kappa shape index (κ1) is 20.8. The van der Waals surface area contributed by atoms with Gasteiger partial charge in [-0.05, 0) is 72.6 Å². The van der Waals surface area contributed by atoms with E-state index in [4.69, 9.17) is 21.1 Å². The zero-order valence-electron chi connectivity index (χ0n) is 20.0. The topological polar surface area (TPSA) is 34.9 Å². The van der Waals surface area contributed by atoms with E-state index in [2.05, 4.69) is 82.8 Å². The molecule has 0 radical (unpaired) electrons. The Morgan fingerprint density at radius 1 is 0.639 bits per heavy atom. The Morgan fingerprint density at radius 2 is 1.08 bits per heavy atom. The number of nitrogens with zero attached hydrogens (tertiary/aromatic N) is 2. The lowest BCUT2D eigenvalue weighted by Gasteiger charge is -2.08. The van der Waals surface area contributed by atoms with Crippen LogP contribution in [0.15, 0.2) is 72.8 Å². The summed E-state index contributed by atoms with van der Waals surface area (Å²) in [6.45, 7) is 5.64. The van der Waals surface area contributed by atoms with Crippen LogP contribution in [0.3, 0.4) is 0 Å². The molecule has 0 saturated carbocycles. The van der Waals surface area contributed by atoms with Crippen LogP contribution in [0, 0.1) is 6.92 Å². The summed E-state index contributed by atoms with van der Waals surface area (Å²) >= 11 is 6.43. The molecule has 0 spiro atoms. The third-order valence-corrected chi connectivity index (χ3v) is 7.99. The highest BCUT2D eigenvalue weighted by molar-refractivity contribution is 6.32. The average Bonchev–Trinajstić information content (AvgIpc) is 3.82. The Hall–Kier alpha value is -3.31. The number of aryl methyl sites for hydroxylation is 1. The Kier molecular flexibility index (Phi) is 4.40. The lowest BCUT2D eigenvalue weighted by atomic mass is 10.0. The van der Waals surface area contributed by atoms with E-state index in [1.165, 1.54) is 60.3 Å². The minimum atomic E-state index is 0.309. The maximum absolute atomic E-state index is 6.43. The first-order valence-electron chi connectivity index (χ1n) is 12.6. The zero-order chi connectivity index (χ0) is 24.0. The molecule has 0 amide bonds. The molecule has 4 aromatic carbocycles. The highest BCUT2D eigenvalue weighted by Crippen LogP contribution is 2.38. The minimum absolute atomic E-state index is 0.309. The number of rotatable bonds is 5. The SMILES string of the molecule is Cc1ccc2c(c1)c1cc(-c3ccc4c(c3)c3cc(Cl)ccc3n4CC3CO3)ccc1n2CC1CO1. The Balaban J connectivity index is 1.33. The summed E-state index contributed by atoms with van der Waals surface area (Å²) in [5.41, 5.74) is 8.69. The number of aromatic nitrogens is 2. The summed E-state index contributed by atoms with van der Waals surface area (Å²) in [7, 11) is 0. The van der Waals surface area contributed by atoms with Gasteiger partial charge in [-0.15, -0.1) is 0 Å². The first-order chi connectivity index (χ1) is 17.6. The van der Waals surface area contributed by atoms with Crippen molar-refractivity contribution >= 4 is 55.2 Å². The van der Waals surface area contributed by atoms with Gasteiger partial charge in [0, 0.05) is 48.6 Å². The van der Waals surface area contributed by atoms with Crippen LogP contribution in [0.2, 0.25) is 5.02 Å². The molecule has 178 valence electrons. The number of ether oxygens (including phenoxy) is 2. The molecule has 2 aromatic heterocycles. The molecule has 0 bridgehead atoms. The number of hydrogen-bond donors (Lipinski definition) is 0. The summed E-state index contributed by atoms with van der Waals surface area (Å²) in [4.78, 5) is 0. The van der Waals surface area contributed by atoms with Gasteiger partial charge in [0.15, 0.2) is 0 Å². The second-order valence-electron chi connectivity index (χ2n) is 10.3. The van der Waals surface area contributed by atoms with E-state index in [1.807, 2.05) is 6.07 Å². The number of benzene rings is 4. The van der Waals surface area contributed by atoms with Gasteiger partial charge in [0.1, 0.15) is 0 Å². The summed E-state index contributed by atoms with van der Waals surface area (Å²) in [6, 6.07) is 26.7. The Labute approximate surface area is 213 Å². The maximum Gasteiger partial charge on any atom is 0.0988 e. The van der Waals surface area contributed by atoms with Gasteiger partial charge in [0.2, 0.25) is 0 Å². The molecule has 2 aliphatic rings. The molecule has 0 N–H and O–H groups in total. The average molecular weight is 493 g/mol. The predicted molar refractivity (Wildman–Crippen MR) is 147 cm³/mol. The third kappa shape index (κ3) is 3.29. The van der Waals surface area contributed by atoms with Gasteiger partial charge in [0.25, 0.3) is 0 Å². The summed E-state index contributed by atoms with van der Waals surface area (Å²) in [6.07, 6.45) is 0.640. The summed E-state index contributed by atoms with van der Waals surface area (Å²) in [5, 5.41) is 5.79. The van der Waals surface area contributed by atoms with Crippen LogP contribution in [0.1, 0.15) is 5.56 Å². The van der Waals surface area contributed by atoms with Gasteiger partial charge in [0.05, 0.1) is 38.5 Å². The Bertz CT molecular complexity index is 1700. The standard InChI is InChI=1S/C31H25ClN2O2/c1-18-2-6-28-24(10-18)25-11-19(3-7-29(25)33(28)14-22-16-35-22)20-4-8-30-26(12-20)27-13-21(32)5-9-31(27)34(30)15-23-17-36-23/h2-13,22-23H,14-17H2,1H3. The monoisotopic (exact) mass is 492 g/mol. The fourth-order valence-corrected chi connectivity index (χ4v) is 5.97. The molecule has 2 aliphatic heterocycles. The summed E-state index contributed by atoms with van der Waals surface area (Å²) in [5.74, 6) is 0. The van der Waals surface area contributed by atoms with Crippen LogP contribution in [0.4, 0.5) is 0 Å². The van der Waals surface area contributed by atoms with Gasteiger partial charge in [-0.25, -0.2) is 0 Å². The smallest absolute Gasteiger partial charge is 0.0988 e. The van der Waals surface area contributed by atoms with Crippen molar-refractivity contribution in [2.24, 2.45) is 0 Å². The van der Waals surface area contributed by atoms with Crippen LogP contribution >= 0.6 is 11.6 Å². The lowest BCUT2D eigenvalue weighted by Crippen LogP contribution is -2.03. The quantitative estimate of drug-likeness (QED) is 0.236. The Morgan fingerprint density at radius 3 is 1.61 bits per heavy atom. The van der Waals surface area contributed by atoms with E-state index in [0.29, 0.717) is 12.2 Å². The van der Waals surface area contributed by atoms with E-state index in [-0.39, 0.29) is 0 Å². The van der Waals surface area contributed by atoms with Crippen LogP contribution in [0.5, 0.6) is 0 Å². The molecule has 4 heterocycles. The van der Waals surface area contributed by atoms with Gasteiger partial charge in [-0.3, -0.25) is 0 Å². The molecule has 6 aromatic rings. The van der Waals surface area contributed by atoms with Crippen molar-refractivity contribution in [2.45, 2.75) is 32.2 Å². The van der Waals surface area contributed by atoms with Gasteiger partial charge >= 0.3 is 0 Å². The minimum Gasteiger partial charge on any atom is -0.371 e. The second-order valence-corrected chi connectivity index (χ2v) is 10.7. The highest BCUT2D eigenvalue weighted by Gasteiger charge is 2.26. The molecule has 2 fully saturated rings. The summed E-state index contributed by atoms with van der Waals surface area (Å²) < 4.78 is 15.9. The maximum atomic E-state index is 6.43. The lowest BCUT2D eigenvalue weighted by molar-refractivity contribution is 0.387. The second kappa shape index (κ2) is 7.59. The van der Waals surface area contributed by atoms with E-state index < -0.39 is 0 Å². The first-order valence-corrected chi connectivity index (χ1v) is 13.0. The van der Waals surface area contributed by atoms with Crippen molar-refractivity contribution in [3.05, 3.63) is 83.4 Å². The normalized spacial score (nSPS) is 19.2. The zero-order valence-corrected chi connectivity index (χ0v) is 20.8. The molecule has 0 aliphatic carbocycles. The molecule has 2 unspecified atom stereocenters. The van der Waals surface area contributed by atoms with E-state index in [9.17, 15) is 0 Å².